The number of rotatable bonds is 8. The van der Waals surface area contributed by atoms with Crippen LogP contribution in [-0.2, 0) is 75.8 Å². The Hall–Kier alpha value is -1.64. The summed E-state index contributed by atoms with van der Waals surface area (Å²) in [4.78, 5) is 0. The Morgan fingerprint density at radius 1 is 0.180 bits per heavy atom. The van der Waals surface area contributed by atoms with Crippen molar-refractivity contribution in [1.82, 2.24) is 0 Å². The molecule has 0 unspecified atom stereocenters. The first-order chi connectivity index (χ1) is 41.9. The van der Waals surface area contributed by atoms with Crippen LogP contribution in [0.5, 0.6) is 0 Å². The van der Waals surface area contributed by atoms with Crippen LogP contribution in [-0.4, -0.2) is 421 Å². The van der Waals surface area contributed by atoms with Crippen molar-refractivity contribution in [1.29, 1.82) is 0 Å². The van der Waals surface area contributed by atoms with E-state index in [0.29, 0.717) is 0 Å². The van der Waals surface area contributed by atoms with Gasteiger partial charge in [0.1, 0.15) is 189 Å². The van der Waals surface area contributed by atoms with Gasteiger partial charge in [-0.1, -0.05) is 0 Å². The minimum absolute atomic E-state index is 0. The number of ether oxygens (including phenoxy) is 16. The predicted octanol–water partition coefficient (Wildman–Crippen LogP) is -18.3. The fraction of sp³-hybridized carbons (Fsp3) is 1.00. The molecule has 30 aliphatic heterocycles. The first-order valence-electron chi connectivity index (χ1n) is 28.2. The monoisotopic (exact) mass is 1310 g/mol. The molecule has 27 N–H and O–H groups in total. The highest BCUT2D eigenvalue weighted by atomic mass is 16.8. The Morgan fingerprint density at radius 3 is 0.449 bits per heavy atom. The molecule has 30 rings (SSSR count). The molecule has 89 heavy (non-hydrogen) atoms. The second kappa shape index (κ2) is 31.0. The summed E-state index contributed by atoms with van der Waals surface area (Å²) >= 11 is 0. The summed E-state index contributed by atoms with van der Waals surface area (Å²) in [6.07, 6.45) is -78.4. The minimum atomic E-state index is -2.24. The van der Waals surface area contributed by atoms with Gasteiger partial charge in [0.05, 0.1) is 58.9 Å². The molecule has 0 spiro atoms. The molecule has 30 fully saturated rings. The SMILES string of the molecule is N[C@H]1[C@H](O)[C@H]2O[C@H]3[C@H](O)[C@@H](O)[C@@H](O[C@H]4[C@H](O)[C@@H](O)[C@@H](O[C@H]5[C@H](O)[C@@H](O)[C@@H](O[C@H]6[C@H](O)[C@@H](O)[C@@H](O[C@H]7[C@H](O)[C@@H](O)[C@@H](O[C@H]8[C@H](O)[C@@H](O)[C@@H](O[C@H]9[C@H](O)[C@@H](O)[C@@H](O[C@@H]1[C@@H](CO)O2)O[C@@H]9CO)O[C@@H]8CO)O[C@@H]7CO)O[C@@H]6CO)O[C@@H]5CO)O[C@@H]4CO)O[C@@H]3CO.O. The van der Waals surface area contributed by atoms with Crippen molar-refractivity contribution in [2.45, 2.75) is 246 Å². The average molecular weight is 1310 g/mol. The molecule has 0 radical (unpaired) electrons. The van der Waals surface area contributed by atoms with E-state index in [9.17, 15) is 117 Å². The van der Waals surface area contributed by atoms with Crippen molar-refractivity contribution in [2.24, 2.45) is 5.73 Å². The van der Waals surface area contributed by atoms with Crippen LogP contribution in [0.4, 0.5) is 0 Å². The van der Waals surface area contributed by atoms with Crippen LogP contribution >= 0.6 is 0 Å². The van der Waals surface area contributed by atoms with Crippen molar-refractivity contribution < 1.29 is 199 Å². The molecule has 0 amide bonds. The zero-order chi connectivity index (χ0) is 64.1. The highest BCUT2D eigenvalue weighted by Crippen LogP contribution is 2.39. The number of nitrogens with two attached hydrogens (primary N) is 1. The van der Waals surface area contributed by atoms with Gasteiger partial charge in [0.25, 0.3) is 0 Å². The normalized spacial score (nSPS) is 54.7. The summed E-state index contributed by atoms with van der Waals surface area (Å²) in [5.41, 5.74) is 6.37. The highest BCUT2D eigenvalue weighted by Gasteiger charge is 2.60. The summed E-state index contributed by atoms with van der Waals surface area (Å²) in [5, 5.41) is 254. The zero-order valence-electron chi connectivity index (χ0n) is 46.6. The third kappa shape index (κ3) is 14.4. The van der Waals surface area contributed by atoms with Gasteiger partial charge in [-0.25, -0.2) is 0 Å². The maximum atomic E-state index is 11.4. The van der Waals surface area contributed by atoms with Gasteiger partial charge in [0, 0.05) is 0 Å². The molecule has 520 valence electrons. The molecule has 30 aliphatic rings. The van der Waals surface area contributed by atoms with E-state index in [0.717, 1.165) is 0 Å². The van der Waals surface area contributed by atoms with Gasteiger partial charge < -0.3 is 204 Å². The molecular weight excluding hydrogens is 1230 g/mol. The van der Waals surface area contributed by atoms with Crippen molar-refractivity contribution in [3.05, 3.63) is 0 Å². The van der Waals surface area contributed by atoms with Crippen LogP contribution in [0.1, 0.15) is 0 Å². The first kappa shape index (κ1) is 73.2. The lowest BCUT2D eigenvalue weighted by Crippen LogP contribution is -2.69. The molecule has 0 aromatic rings. The predicted molar refractivity (Wildman–Crippen MR) is 267 cm³/mol. The average Bonchev–Trinajstić information content (AvgIpc) is 1.09. The fourth-order valence-electron chi connectivity index (χ4n) is 12.0. The molecule has 30 heterocycles. The standard InChI is InChI=1S/C48H81NO39.H2O/c49-17-18(58)41-73-9(1-50)33(17)81-42-26(66)19(59)35(11(3-52)74-42)83-44-28(68)21(61)37(13(5-54)76-44)85-46-30(70)23(63)39(15(7-56)78-46)87-48-32(72)25(65)40(16(8-57)80-48)88-47-31(71)24(64)38(14(6-55)79-47)86-45-29(69)22(62)36(12(4-53)77-45)84-43-27(67)20(60)34(82-41)10(2-51)75-43;/h9-48,50-72H,1-8,49H2;1H2/t9-,10-,11-,12-,13-,14-,15-,16-,17+,18+,19-,20-,21-,22-,23-,24-,25-,26-,27-,28-,29-,30-,31-,32-,33-,34-,35-,36-,37-,38-,39-,40-,41-,42-,43-,44-,45-,46-,47-,48-;/m1./s1. The Balaban J connectivity index is 0.0000102. The van der Waals surface area contributed by atoms with Crippen molar-refractivity contribution in [3.8, 4) is 0 Å². The molecule has 41 heteroatoms. The molecule has 41 nitrogen and oxygen atoms in total. The Labute approximate surface area is 502 Å². The third-order valence-electron chi connectivity index (χ3n) is 17.0. The summed E-state index contributed by atoms with van der Waals surface area (Å²) in [7, 11) is 0. The highest BCUT2D eigenvalue weighted by molar-refractivity contribution is 5.03. The second-order valence-corrected chi connectivity index (χ2v) is 22.5. The van der Waals surface area contributed by atoms with Gasteiger partial charge in [0.15, 0.2) is 50.3 Å². The van der Waals surface area contributed by atoms with Crippen molar-refractivity contribution >= 4 is 0 Å². The van der Waals surface area contributed by atoms with E-state index in [2.05, 4.69) is 0 Å². The summed E-state index contributed by atoms with van der Waals surface area (Å²) in [6.45, 7) is -8.46. The zero-order valence-corrected chi connectivity index (χ0v) is 46.6. The van der Waals surface area contributed by atoms with Gasteiger partial charge in [-0.05, 0) is 0 Å². The first-order valence-corrected chi connectivity index (χ1v) is 28.2. The summed E-state index contributed by atoms with van der Waals surface area (Å²) in [5.74, 6) is 0. The largest absolute Gasteiger partial charge is 0.412 e. The molecule has 0 saturated carbocycles. The maximum absolute atomic E-state index is 11.4. The molecule has 0 aromatic heterocycles. The number of hydrogen-bond donors (Lipinski definition) is 24. The Bertz CT molecular complexity index is 1710. The van der Waals surface area contributed by atoms with Crippen molar-refractivity contribution in [3.63, 3.8) is 0 Å². The summed E-state index contributed by atoms with van der Waals surface area (Å²) in [6, 6.07) is -1.71. The molecule has 0 aromatic carbocycles. The fourth-order valence-corrected chi connectivity index (χ4v) is 12.0. The Morgan fingerprint density at radius 2 is 0.303 bits per heavy atom. The van der Waals surface area contributed by atoms with E-state index in [-0.39, 0.29) is 5.48 Å². The minimum Gasteiger partial charge on any atom is -0.412 e. The van der Waals surface area contributed by atoms with E-state index in [4.69, 9.17) is 81.5 Å². The van der Waals surface area contributed by atoms with Crippen LogP contribution in [0.2, 0.25) is 0 Å². The topological polar surface area (TPSA) is 670 Å². The maximum Gasteiger partial charge on any atom is 0.187 e. The van der Waals surface area contributed by atoms with Gasteiger partial charge >= 0.3 is 0 Å². The summed E-state index contributed by atoms with van der Waals surface area (Å²) < 4.78 is 91.6. The number of aliphatic hydroxyl groups excluding tert-OH is 23. The van der Waals surface area contributed by atoms with Gasteiger partial charge in [-0.3, -0.25) is 0 Å². The van der Waals surface area contributed by atoms with Crippen LogP contribution in [0.25, 0.3) is 0 Å². The molecular formula is C48H83NO40. The van der Waals surface area contributed by atoms with E-state index in [1.165, 1.54) is 0 Å². The lowest BCUT2D eigenvalue weighted by Gasteiger charge is -2.50. The van der Waals surface area contributed by atoms with Gasteiger partial charge in [-0.15, -0.1) is 0 Å². The molecule has 0 aliphatic carbocycles. The smallest absolute Gasteiger partial charge is 0.187 e. The van der Waals surface area contributed by atoms with Crippen LogP contribution in [0, 0.1) is 0 Å². The van der Waals surface area contributed by atoms with Crippen LogP contribution < -0.4 is 5.73 Å². The van der Waals surface area contributed by atoms with E-state index in [1.54, 1.807) is 0 Å². The van der Waals surface area contributed by atoms with Gasteiger partial charge in [-0.2, -0.15) is 0 Å². The Kier molecular flexibility index (Phi) is 25.5. The van der Waals surface area contributed by atoms with E-state index >= 15 is 0 Å². The van der Waals surface area contributed by atoms with E-state index in [1.807, 2.05) is 0 Å². The molecule has 30 saturated heterocycles. The van der Waals surface area contributed by atoms with Gasteiger partial charge in [0.2, 0.25) is 0 Å². The van der Waals surface area contributed by atoms with Crippen molar-refractivity contribution in [2.75, 3.05) is 52.9 Å². The second-order valence-electron chi connectivity index (χ2n) is 22.5. The number of hydrogen-bond acceptors (Lipinski definition) is 40. The molecule has 40 atom stereocenters. The quantitative estimate of drug-likeness (QED) is 0.107. The van der Waals surface area contributed by atoms with Crippen LogP contribution in [0.3, 0.4) is 0 Å². The lowest BCUT2D eigenvalue weighted by atomic mass is 9.94. The van der Waals surface area contributed by atoms with E-state index < -0.39 is 298 Å². The third-order valence-corrected chi connectivity index (χ3v) is 17.0. The number of aliphatic hydroxyl groups is 23. The molecule has 16 bridgehead atoms. The lowest BCUT2D eigenvalue weighted by molar-refractivity contribution is -0.402. The van der Waals surface area contributed by atoms with Crippen LogP contribution in [0.15, 0.2) is 0 Å².